The Morgan fingerprint density at radius 2 is 1.67 bits per heavy atom. The fourth-order valence-electron chi connectivity index (χ4n) is 2.31. The summed E-state index contributed by atoms with van der Waals surface area (Å²) >= 11 is 0. The van der Waals surface area contributed by atoms with Crippen LogP contribution >= 0.6 is 0 Å². The average Bonchev–Trinajstić information content (AvgIpc) is 2.68. The van der Waals surface area contributed by atoms with Gasteiger partial charge in [0.25, 0.3) is 0 Å². The molecule has 0 aliphatic heterocycles. The molecule has 0 spiro atoms. The SMILES string of the molecule is C=C[C@H]1C[C@H](C(=O)OC(C)(C)C)C[C@@H]1OC(=O)C(C)(C)C. The van der Waals surface area contributed by atoms with Crippen molar-refractivity contribution in [3.05, 3.63) is 12.7 Å². The molecule has 0 heterocycles. The van der Waals surface area contributed by atoms with Gasteiger partial charge in [0, 0.05) is 5.92 Å². The van der Waals surface area contributed by atoms with E-state index in [2.05, 4.69) is 6.58 Å². The van der Waals surface area contributed by atoms with Gasteiger partial charge in [0.05, 0.1) is 11.3 Å². The molecule has 1 saturated carbocycles. The maximum Gasteiger partial charge on any atom is 0.311 e. The van der Waals surface area contributed by atoms with E-state index in [-0.39, 0.29) is 29.9 Å². The van der Waals surface area contributed by atoms with Gasteiger partial charge in [0.2, 0.25) is 0 Å². The number of ether oxygens (including phenoxy) is 2. The summed E-state index contributed by atoms with van der Waals surface area (Å²) < 4.78 is 11.0. The van der Waals surface area contributed by atoms with Gasteiger partial charge in [-0.2, -0.15) is 0 Å². The molecule has 21 heavy (non-hydrogen) atoms. The fourth-order valence-corrected chi connectivity index (χ4v) is 2.31. The van der Waals surface area contributed by atoms with Crippen LogP contribution in [0.4, 0.5) is 0 Å². The first-order valence-corrected chi connectivity index (χ1v) is 7.50. The van der Waals surface area contributed by atoms with Crippen molar-refractivity contribution in [2.75, 3.05) is 0 Å². The second kappa shape index (κ2) is 6.20. The van der Waals surface area contributed by atoms with Gasteiger partial charge in [-0.3, -0.25) is 9.59 Å². The van der Waals surface area contributed by atoms with E-state index in [1.807, 2.05) is 41.5 Å². The first-order chi connectivity index (χ1) is 9.44. The van der Waals surface area contributed by atoms with Gasteiger partial charge in [0.1, 0.15) is 11.7 Å². The Morgan fingerprint density at radius 3 is 2.10 bits per heavy atom. The molecule has 4 nitrogen and oxygen atoms in total. The maximum absolute atomic E-state index is 12.2. The number of carbonyl (C=O) groups is 2. The molecule has 0 N–H and O–H groups in total. The van der Waals surface area contributed by atoms with Crippen LogP contribution < -0.4 is 0 Å². The van der Waals surface area contributed by atoms with Crippen molar-refractivity contribution in [1.82, 2.24) is 0 Å². The molecule has 120 valence electrons. The van der Waals surface area contributed by atoms with Crippen LogP contribution in [0.5, 0.6) is 0 Å². The van der Waals surface area contributed by atoms with Crippen molar-refractivity contribution in [2.45, 2.75) is 66.1 Å². The zero-order valence-corrected chi connectivity index (χ0v) is 14.1. The van der Waals surface area contributed by atoms with Gasteiger partial charge in [0.15, 0.2) is 0 Å². The summed E-state index contributed by atoms with van der Waals surface area (Å²) in [5.41, 5.74) is -1.04. The van der Waals surface area contributed by atoms with Crippen LogP contribution in [0.1, 0.15) is 54.4 Å². The zero-order valence-electron chi connectivity index (χ0n) is 14.1. The lowest BCUT2D eigenvalue weighted by molar-refractivity contribution is -0.163. The molecular formula is C17H28O4. The van der Waals surface area contributed by atoms with Gasteiger partial charge >= 0.3 is 11.9 Å². The highest BCUT2D eigenvalue weighted by atomic mass is 16.6. The summed E-state index contributed by atoms with van der Waals surface area (Å²) in [7, 11) is 0. The van der Waals surface area contributed by atoms with E-state index >= 15 is 0 Å². The van der Waals surface area contributed by atoms with Gasteiger partial charge < -0.3 is 9.47 Å². The predicted octanol–water partition coefficient (Wildman–Crippen LogP) is 3.50. The molecule has 0 aromatic carbocycles. The van der Waals surface area contributed by atoms with E-state index in [4.69, 9.17) is 9.47 Å². The largest absolute Gasteiger partial charge is 0.461 e. The third kappa shape index (κ3) is 5.18. The van der Waals surface area contributed by atoms with Crippen molar-refractivity contribution >= 4 is 11.9 Å². The molecule has 3 atom stereocenters. The summed E-state index contributed by atoms with van der Waals surface area (Å²) in [5.74, 6) is -0.688. The molecular weight excluding hydrogens is 268 g/mol. The summed E-state index contributed by atoms with van der Waals surface area (Å²) in [6.45, 7) is 14.8. The van der Waals surface area contributed by atoms with Crippen LogP contribution in [0.3, 0.4) is 0 Å². The fraction of sp³-hybridized carbons (Fsp3) is 0.765. The minimum Gasteiger partial charge on any atom is -0.461 e. The highest BCUT2D eigenvalue weighted by Gasteiger charge is 2.41. The molecule has 0 unspecified atom stereocenters. The Bertz CT molecular complexity index is 411. The standard InChI is InChI=1S/C17H28O4/c1-8-11-9-12(14(18)21-17(5,6)7)10-13(11)20-15(19)16(2,3)4/h8,11-13H,1,9-10H2,2-7H3/t11-,12-,13-/m0/s1. The molecule has 1 fully saturated rings. The minimum absolute atomic E-state index is 0.00817. The Kier molecular flexibility index (Phi) is 5.24. The molecule has 0 bridgehead atoms. The molecule has 4 heteroatoms. The van der Waals surface area contributed by atoms with Crippen LogP contribution in [0.15, 0.2) is 12.7 Å². The van der Waals surface area contributed by atoms with Gasteiger partial charge in [-0.05, 0) is 54.4 Å². The normalized spacial score (nSPS) is 26.3. The summed E-state index contributed by atoms with van der Waals surface area (Å²) in [6.07, 6.45) is 2.62. The first kappa shape index (κ1) is 17.7. The molecule has 1 rings (SSSR count). The van der Waals surface area contributed by atoms with Gasteiger partial charge in [-0.25, -0.2) is 0 Å². The van der Waals surface area contributed by atoms with Crippen molar-refractivity contribution in [1.29, 1.82) is 0 Å². The minimum atomic E-state index is -0.546. The third-order valence-corrected chi connectivity index (χ3v) is 3.46. The Hall–Kier alpha value is -1.32. The van der Waals surface area contributed by atoms with E-state index in [1.165, 1.54) is 0 Å². The van der Waals surface area contributed by atoms with E-state index < -0.39 is 11.0 Å². The Labute approximate surface area is 127 Å². The first-order valence-electron chi connectivity index (χ1n) is 7.50. The molecule has 0 saturated heterocycles. The van der Waals surface area contributed by atoms with E-state index in [1.54, 1.807) is 6.08 Å². The number of hydrogen-bond donors (Lipinski definition) is 0. The van der Waals surface area contributed by atoms with Crippen molar-refractivity contribution in [3.8, 4) is 0 Å². The zero-order chi connectivity index (χ0) is 16.4. The molecule has 0 radical (unpaired) electrons. The monoisotopic (exact) mass is 296 g/mol. The Balaban J connectivity index is 2.70. The molecule has 0 amide bonds. The third-order valence-electron chi connectivity index (χ3n) is 3.46. The lowest BCUT2D eigenvalue weighted by Gasteiger charge is -2.23. The summed E-state index contributed by atoms with van der Waals surface area (Å²) in [4.78, 5) is 24.2. The summed E-state index contributed by atoms with van der Waals surface area (Å²) in [5, 5.41) is 0. The van der Waals surface area contributed by atoms with E-state index in [9.17, 15) is 9.59 Å². The van der Waals surface area contributed by atoms with Crippen LogP contribution in [-0.4, -0.2) is 23.6 Å². The predicted molar refractivity (Wildman–Crippen MR) is 81.6 cm³/mol. The lowest BCUT2D eigenvalue weighted by atomic mass is 9.97. The molecule has 1 aliphatic rings. The summed E-state index contributed by atoms with van der Waals surface area (Å²) in [6, 6.07) is 0. The van der Waals surface area contributed by atoms with Crippen LogP contribution in [0.2, 0.25) is 0 Å². The van der Waals surface area contributed by atoms with Crippen molar-refractivity contribution in [3.63, 3.8) is 0 Å². The van der Waals surface area contributed by atoms with Crippen LogP contribution in [0, 0.1) is 17.3 Å². The van der Waals surface area contributed by atoms with Crippen LogP contribution in [-0.2, 0) is 19.1 Å². The quantitative estimate of drug-likeness (QED) is 0.591. The average molecular weight is 296 g/mol. The number of rotatable bonds is 3. The van der Waals surface area contributed by atoms with Crippen molar-refractivity contribution in [2.24, 2.45) is 17.3 Å². The number of esters is 2. The second-order valence-electron chi connectivity index (χ2n) is 7.80. The number of carbonyl (C=O) groups excluding carboxylic acids is 2. The van der Waals surface area contributed by atoms with E-state index in [0.29, 0.717) is 12.8 Å². The van der Waals surface area contributed by atoms with Gasteiger partial charge in [-0.15, -0.1) is 6.58 Å². The molecule has 1 aliphatic carbocycles. The Morgan fingerprint density at radius 1 is 1.10 bits per heavy atom. The topological polar surface area (TPSA) is 52.6 Å². The maximum atomic E-state index is 12.2. The number of hydrogen-bond acceptors (Lipinski definition) is 4. The highest BCUT2D eigenvalue weighted by Crippen LogP contribution is 2.36. The lowest BCUT2D eigenvalue weighted by Crippen LogP contribution is -2.30. The smallest absolute Gasteiger partial charge is 0.311 e. The van der Waals surface area contributed by atoms with E-state index in [0.717, 1.165) is 0 Å². The van der Waals surface area contributed by atoms with Crippen molar-refractivity contribution < 1.29 is 19.1 Å². The molecule has 0 aromatic rings. The second-order valence-corrected chi connectivity index (χ2v) is 7.80. The highest BCUT2D eigenvalue weighted by molar-refractivity contribution is 5.76. The van der Waals surface area contributed by atoms with Crippen LogP contribution in [0.25, 0.3) is 0 Å². The van der Waals surface area contributed by atoms with Gasteiger partial charge in [-0.1, -0.05) is 6.08 Å². The molecule has 0 aromatic heterocycles.